The first-order valence-corrected chi connectivity index (χ1v) is 7.76. The van der Waals surface area contributed by atoms with Crippen molar-refractivity contribution >= 4 is 18.1 Å². The molecule has 7 nitrogen and oxygen atoms in total. The summed E-state index contributed by atoms with van der Waals surface area (Å²) < 4.78 is 15.6. The molecule has 0 aliphatic rings. The Morgan fingerprint density at radius 2 is 1.88 bits per heavy atom. The third-order valence-electron chi connectivity index (χ3n) is 3.55. The number of hydrogen-bond donors (Lipinski definition) is 1. The number of furan rings is 2. The van der Waals surface area contributed by atoms with E-state index in [9.17, 15) is 9.59 Å². The molecule has 0 bridgehead atoms. The van der Waals surface area contributed by atoms with Gasteiger partial charge in [-0.2, -0.15) is 5.10 Å². The monoisotopic (exact) mass is 352 g/mol. The highest BCUT2D eigenvalue weighted by atomic mass is 16.5. The van der Waals surface area contributed by atoms with Crippen molar-refractivity contribution in [1.82, 2.24) is 5.43 Å². The molecule has 0 fully saturated rings. The number of carbonyl (C=O) groups excluding carboxylic acids is 2. The molecule has 7 heteroatoms. The van der Waals surface area contributed by atoms with Gasteiger partial charge >= 0.3 is 11.9 Å². The van der Waals surface area contributed by atoms with Gasteiger partial charge in [-0.25, -0.2) is 10.2 Å². The molecule has 26 heavy (non-hydrogen) atoms. The predicted molar refractivity (Wildman–Crippen MR) is 94.0 cm³/mol. The largest absolute Gasteiger partial charge is 0.465 e. The summed E-state index contributed by atoms with van der Waals surface area (Å²) >= 11 is 0. The quantitative estimate of drug-likeness (QED) is 0.431. The van der Waals surface area contributed by atoms with Crippen molar-refractivity contribution in [1.29, 1.82) is 0 Å². The minimum absolute atomic E-state index is 0.173. The van der Waals surface area contributed by atoms with E-state index in [1.807, 2.05) is 0 Å². The summed E-state index contributed by atoms with van der Waals surface area (Å²) in [5.41, 5.74) is 3.35. The van der Waals surface area contributed by atoms with E-state index in [0.29, 0.717) is 28.4 Å². The lowest BCUT2D eigenvalue weighted by molar-refractivity contribution is 0.0601. The van der Waals surface area contributed by atoms with Crippen LogP contribution < -0.4 is 5.43 Å². The second-order valence-electron chi connectivity index (χ2n) is 5.35. The number of hydrazone groups is 1. The Bertz CT molecular complexity index is 968. The van der Waals surface area contributed by atoms with Gasteiger partial charge in [-0.1, -0.05) is 18.2 Å². The maximum Gasteiger partial charge on any atom is 0.338 e. The molecule has 0 atom stereocenters. The van der Waals surface area contributed by atoms with Gasteiger partial charge in [0.05, 0.1) is 18.9 Å². The minimum Gasteiger partial charge on any atom is -0.465 e. The second kappa shape index (κ2) is 7.52. The van der Waals surface area contributed by atoms with E-state index in [2.05, 4.69) is 10.5 Å². The molecule has 2 aromatic heterocycles. The average molecular weight is 352 g/mol. The molecule has 2 heterocycles. The van der Waals surface area contributed by atoms with Crippen LogP contribution in [0, 0.1) is 6.92 Å². The average Bonchev–Trinajstić information content (AvgIpc) is 3.30. The first-order valence-electron chi connectivity index (χ1n) is 7.76. The van der Waals surface area contributed by atoms with Crippen LogP contribution in [0.2, 0.25) is 0 Å². The summed E-state index contributed by atoms with van der Waals surface area (Å²) in [5.74, 6) is 0.798. The summed E-state index contributed by atoms with van der Waals surface area (Å²) in [6.45, 7) is 1.75. The molecule has 1 N–H and O–H groups in total. The molecule has 0 saturated carbocycles. The molecule has 132 valence electrons. The first-order chi connectivity index (χ1) is 12.6. The number of ether oxygens (including phenoxy) is 1. The number of nitrogens with zero attached hydrogens (tertiary/aromatic N) is 1. The number of amides is 1. The Morgan fingerprint density at radius 3 is 2.62 bits per heavy atom. The SMILES string of the molecule is COC(=O)c1ccccc1-c1ccc(/C=N\NC(=O)c2ccc(C)o2)o1. The van der Waals surface area contributed by atoms with Crippen molar-refractivity contribution in [2.45, 2.75) is 6.92 Å². The molecule has 0 unspecified atom stereocenters. The number of rotatable bonds is 5. The van der Waals surface area contributed by atoms with Crippen molar-refractivity contribution in [2.75, 3.05) is 7.11 Å². The highest BCUT2D eigenvalue weighted by molar-refractivity contribution is 5.96. The maximum atomic E-state index is 11.9. The summed E-state index contributed by atoms with van der Waals surface area (Å²) in [4.78, 5) is 23.7. The highest BCUT2D eigenvalue weighted by Gasteiger charge is 2.15. The standard InChI is InChI=1S/C19H16N2O5/c1-12-7-9-17(25-12)18(22)21-20-11-13-8-10-16(26-13)14-5-3-4-6-15(14)19(23)24-2/h3-11H,1-2H3,(H,21,22)/b20-11-. The summed E-state index contributed by atoms with van der Waals surface area (Å²) in [5, 5.41) is 3.84. The smallest absolute Gasteiger partial charge is 0.338 e. The Balaban J connectivity index is 1.72. The molecule has 0 radical (unpaired) electrons. The predicted octanol–water partition coefficient (Wildman–Crippen LogP) is 3.40. The topological polar surface area (TPSA) is 94.0 Å². The van der Waals surface area contributed by atoms with Gasteiger partial charge in [-0.3, -0.25) is 4.79 Å². The van der Waals surface area contributed by atoms with Crippen LogP contribution in [0.3, 0.4) is 0 Å². The number of benzene rings is 1. The highest BCUT2D eigenvalue weighted by Crippen LogP contribution is 2.26. The van der Waals surface area contributed by atoms with Crippen molar-refractivity contribution in [3.05, 3.63) is 71.4 Å². The second-order valence-corrected chi connectivity index (χ2v) is 5.35. The summed E-state index contributed by atoms with van der Waals surface area (Å²) in [6, 6.07) is 13.6. The van der Waals surface area contributed by atoms with E-state index >= 15 is 0 Å². The van der Waals surface area contributed by atoms with Crippen molar-refractivity contribution in [2.24, 2.45) is 5.10 Å². The van der Waals surface area contributed by atoms with Crippen LogP contribution >= 0.6 is 0 Å². The minimum atomic E-state index is -0.461. The molecule has 0 aliphatic heterocycles. The lowest BCUT2D eigenvalue weighted by atomic mass is 10.1. The van der Waals surface area contributed by atoms with Gasteiger partial charge in [-0.05, 0) is 37.3 Å². The molecular weight excluding hydrogens is 336 g/mol. The molecular formula is C19H16N2O5. The molecule has 3 aromatic rings. The fourth-order valence-corrected chi connectivity index (χ4v) is 2.32. The Hall–Kier alpha value is -3.61. The van der Waals surface area contributed by atoms with Crippen molar-refractivity contribution < 1.29 is 23.2 Å². The van der Waals surface area contributed by atoms with E-state index < -0.39 is 11.9 Å². The maximum absolute atomic E-state index is 11.9. The van der Waals surface area contributed by atoms with Gasteiger partial charge in [0.2, 0.25) is 0 Å². The van der Waals surface area contributed by atoms with Crippen molar-refractivity contribution in [3.8, 4) is 11.3 Å². The van der Waals surface area contributed by atoms with E-state index in [0.717, 1.165) is 0 Å². The number of nitrogens with one attached hydrogen (secondary N) is 1. The van der Waals surface area contributed by atoms with Crippen LogP contribution in [-0.2, 0) is 4.74 Å². The Kier molecular flexibility index (Phi) is 4.98. The van der Waals surface area contributed by atoms with Crippen LogP contribution in [0.1, 0.15) is 32.4 Å². The van der Waals surface area contributed by atoms with Crippen LogP contribution in [0.5, 0.6) is 0 Å². The number of methoxy groups -OCH3 is 1. The third-order valence-corrected chi connectivity index (χ3v) is 3.55. The van der Waals surface area contributed by atoms with E-state index in [-0.39, 0.29) is 5.76 Å². The number of esters is 1. The molecule has 3 rings (SSSR count). The number of aryl methyl sites for hydroxylation is 1. The van der Waals surface area contributed by atoms with Crippen LogP contribution in [0.15, 0.2) is 62.5 Å². The number of carbonyl (C=O) groups is 2. The van der Waals surface area contributed by atoms with E-state index in [1.54, 1.807) is 55.5 Å². The first kappa shape index (κ1) is 17.2. The zero-order valence-electron chi connectivity index (χ0n) is 14.2. The lowest BCUT2D eigenvalue weighted by Crippen LogP contribution is -2.16. The van der Waals surface area contributed by atoms with Crippen LogP contribution in [0.25, 0.3) is 11.3 Å². The summed E-state index contributed by atoms with van der Waals surface area (Å²) in [6.07, 6.45) is 1.36. The van der Waals surface area contributed by atoms with Gasteiger partial charge in [-0.15, -0.1) is 0 Å². The van der Waals surface area contributed by atoms with E-state index in [1.165, 1.54) is 13.3 Å². The Labute approximate surface area is 149 Å². The molecule has 0 spiro atoms. The third kappa shape index (κ3) is 3.72. The molecule has 1 aromatic carbocycles. The van der Waals surface area contributed by atoms with Gasteiger partial charge in [0.15, 0.2) is 5.76 Å². The fraction of sp³-hybridized carbons (Fsp3) is 0.105. The zero-order chi connectivity index (χ0) is 18.5. The zero-order valence-corrected chi connectivity index (χ0v) is 14.2. The Morgan fingerprint density at radius 1 is 1.08 bits per heavy atom. The lowest BCUT2D eigenvalue weighted by Gasteiger charge is -2.04. The van der Waals surface area contributed by atoms with Crippen molar-refractivity contribution in [3.63, 3.8) is 0 Å². The molecule has 0 saturated heterocycles. The molecule has 0 aliphatic carbocycles. The van der Waals surface area contributed by atoms with Crippen LogP contribution in [-0.4, -0.2) is 25.2 Å². The van der Waals surface area contributed by atoms with Gasteiger partial charge in [0.1, 0.15) is 17.3 Å². The fourth-order valence-electron chi connectivity index (χ4n) is 2.32. The normalized spacial score (nSPS) is 10.8. The van der Waals surface area contributed by atoms with Gasteiger partial charge in [0, 0.05) is 5.56 Å². The van der Waals surface area contributed by atoms with Crippen LogP contribution in [0.4, 0.5) is 0 Å². The summed E-state index contributed by atoms with van der Waals surface area (Å²) in [7, 11) is 1.32. The number of hydrogen-bond acceptors (Lipinski definition) is 6. The molecule has 1 amide bonds. The van der Waals surface area contributed by atoms with Gasteiger partial charge < -0.3 is 13.6 Å². The van der Waals surface area contributed by atoms with E-state index in [4.69, 9.17) is 13.6 Å². The van der Waals surface area contributed by atoms with Gasteiger partial charge in [0.25, 0.3) is 0 Å².